The number of benzene rings is 5. The van der Waals surface area contributed by atoms with Crippen molar-refractivity contribution in [2.75, 3.05) is 13.1 Å². The van der Waals surface area contributed by atoms with Crippen LogP contribution in [-0.4, -0.2) is 43.3 Å². The highest BCUT2D eigenvalue weighted by atomic mass is 32.2. The molecule has 2 aliphatic heterocycles. The van der Waals surface area contributed by atoms with Gasteiger partial charge in [0.25, 0.3) is 11.8 Å². The molecule has 502 valence electrons. The minimum Gasteiger partial charge on any atom is -0.293 e. The average Bonchev–Trinajstić information content (AvgIpc) is 1.55. The minimum absolute atomic E-state index is 0.0164. The van der Waals surface area contributed by atoms with Gasteiger partial charge in [0.2, 0.25) is 0 Å². The summed E-state index contributed by atoms with van der Waals surface area (Å²) in [6, 6.07) is 47.5. The Hall–Kier alpha value is -4.32. The van der Waals surface area contributed by atoms with Crippen molar-refractivity contribution in [1.29, 1.82) is 0 Å². The van der Waals surface area contributed by atoms with Crippen molar-refractivity contribution in [1.82, 2.24) is 9.80 Å². The monoisotopic (exact) mass is 1460 g/mol. The molecule has 5 aromatic carbocycles. The lowest BCUT2D eigenvalue weighted by Gasteiger charge is -2.16. The van der Waals surface area contributed by atoms with Crippen LogP contribution in [-0.2, 0) is 58.3 Å². The first-order valence-corrected chi connectivity index (χ1v) is 43.3. The van der Waals surface area contributed by atoms with Crippen LogP contribution in [0.5, 0.6) is 0 Å². The Balaban J connectivity index is 1.06. The van der Waals surface area contributed by atoms with Gasteiger partial charge in [-0.3, -0.25) is 19.4 Å². The average molecular weight is 1460 g/mol. The van der Waals surface area contributed by atoms with Crippen molar-refractivity contribution in [2.24, 2.45) is 0 Å². The number of carbonyl (C=O) groups is 2. The summed E-state index contributed by atoms with van der Waals surface area (Å²) in [4.78, 5) is 37.3. The second kappa shape index (κ2) is 36.3. The molecule has 4 aliphatic rings. The molecule has 2 fully saturated rings. The maximum absolute atomic E-state index is 14.0. The van der Waals surface area contributed by atoms with Gasteiger partial charge in [0.15, 0.2) is 0 Å². The lowest BCUT2D eigenvalue weighted by atomic mass is 9.98. The highest BCUT2D eigenvalue weighted by Gasteiger charge is 2.38. The van der Waals surface area contributed by atoms with Gasteiger partial charge in [-0.05, 0) is 157 Å². The van der Waals surface area contributed by atoms with Crippen molar-refractivity contribution < 1.29 is 9.59 Å². The highest BCUT2D eigenvalue weighted by molar-refractivity contribution is 8.27. The molecule has 0 N–H and O–H groups in total. The predicted molar refractivity (Wildman–Crippen MR) is 439 cm³/mol. The fourth-order valence-electron chi connectivity index (χ4n) is 12.9. The van der Waals surface area contributed by atoms with E-state index in [9.17, 15) is 9.59 Å². The minimum atomic E-state index is -0.0164. The molecule has 2 aromatic heterocycles. The fourth-order valence-corrected chi connectivity index (χ4v) is 22.8. The molecule has 14 heteroatoms. The number of nitrogens with zero attached hydrogens (tertiary/aromatic N) is 2. The normalized spacial score (nSPS) is 14.9. The van der Waals surface area contributed by atoms with E-state index in [0.29, 0.717) is 31.5 Å². The molecule has 0 saturated carbocycles. The first-order valence-electron chi connectivity index (χ1n) is 35.3. The number of carbonyl (C=O) groups excluding carboxylic acids is 2. The molecular formula is C82H92N2O2S10. The molecule has 2 amide bonds. The molecule has 0 unspecified atom stereocenters. The highest BCUT2D eigenvalue weighted by Crippen LogP contribution is 2.61. The molecule has 0 bridgehead atoms. The van der Waals surface area contributed by atoms with Crippen LogP contribution in [0.15, 0.2) is 140 Å². The number of likely N-dealkylation sites (N-methyl/N-ethyl adjacent to an activating group) is 2. The van der Waals surface area contributed by atoms with Crippen LogP contribution in [0.2, 0.25) is 0 Å². The Morgan fingerprint density at radius 3 is 0.906 bits per heavy atom. The van der Waals surface area contributed by atoms with Crippen LogP contribution < -0.4 is 0 Å². The Kier molecular flexibility index (Phi) is 27.6. The van der Waals surface area contributed by atoms with E-state index in [1.807, 2.05) is 60.9 Å². The number of thioether (sulfide) groups is 6. The summed E-state index contributed by atoms with van der Waals surface area (Å²) < 4.78 is 3.83. The molecular weight excluding hydrogens is 1370 g/mol. The van der Waals surface area contributed by atoms with E-state index in [1.165, 1.54) is 234 Å². The van der Waals surface area contributed by atoms with Gasteiger partial charge in [-0.15, -0.1) is 69.7 Å². The third-order valence-electron chi connectivity index (χ3n) is 18.4. The summed E-state index contributed by atoms with van der Waals surface area (Å²) >= 11 is 25.8. The van der Waals surface area contributed by atoms with Crippen LogP contribution in [0.3, 0.4) is 0 Å². The quantitative estimate of drug-likeness (QED) is 0.0215. The van der Waals surface area contributed by atoms with Crippen molar-refractivity contribution in [3.63, 3.8) is 0 Å². The Morgan fingerprint density at radius 2 is 0.646 bits per heavy atom. The molecule has 96 heavy (non-hydrogen) atoms. The van der Waals surface area contributed by atoms with Crippen molar-refractivity contribution in [2.45, 2.75) is 193 Å². The number of thiocarbonyl (C=S) groups is 2. The largest absolute Gasteiger partial charge is 0.293 e. The fraction of sp³-hybridized carbons (Fsp3) is 0.390. The number of unbranched alkanes of at least 4 members (excludes halogenated alkanes) is 12. The van der Waals surface area contributed by atoms with E-state index in [-0.39, 0.29) is 11.8 Å². The first-order chi connectivity index (χ1) is 47.0. The third-order valence-corrected chi connectivity index (χ3v) is 28.6. The number of fused-ring (bicyclic) bond motifs is 6. The van der Waals surface area contributed by atoms with Gasteiger partial charge in [0.05, 0.1) is 9.81 Å². The van der Waals surface area contributed by atoms with Gasteiger partial charge in [-0.2, -0.15) is 0 Å². The SMILES string of the molecule is CCCCCCc1ccc(CSC(SCc2ccc(CCCCCC)cc2)=C2c3cc4c(cc3-c3sc(/C=C5\SC(=S)N(CC)C5=O)cc32)C(=C(SCc2ccc(CCCCCC)cc2)SCc2ccc(CCCCCC)cc2)c2cc(/C=C3\SC(=S)N(CC)C3=O)sc2-4)cc1. The Bertz CT molecular complexity index is 3620. The van der Waals surface area contributed by atoms with E-state index in [1.54, 1.807) is 32.5 Å². The zero-order valence-electron chi connectivity index (χ0n) is 56.9. The van der Waals surface area contributed by atoms with Crippen LogP contribution in [0, 0.1) is 0 Å². The molecule has 4 nitrogen and oxygen atoms in total. The molecule has 11 rings (SSSR count). The zero-order chi connectivity index (χ0) is 66.9. The molecule has 2 saturated heterocycles. The number of amides is 2. The number of rotatable bonds is 36. The van der Waals surface area contributed by atoms with E-state index >= 15 is 0 Å². The van der Waals surface area contributed by atoms with Crippen LogP contribution in [0.1, 0.15) is 221 Å². The van der Waals surface area contributed by atoms with Gasteiger partial charge < -0.3 is 0 Å². The summed E-state index contributed by atoms with van der Waals surface area (Å²) in [5.74, 6) is 3.31. The summed E-state index contributed by atoms with van der Waals surface area (Å²) in [5, 5.41) is 0. The van der Waals surface area contributed by atoms with Crippen molar-refractivity contribution in [3.8, 4) is 20.9 Å². The van der Waals surface area contributed by atoms with E-state index in [2.05, 4.69) is 161 Å². The van der Waals surface area contributed by atoms with Gasteiger partial charge >= 0.3 is 0 Å². The van der Waals surface area contributed by atoms with Gasteiger partial charge in [-0.25, -0.2) is 0 Å². The van der Waals surface area contributed by atoms with Crippen molar-refractivity contribution >= 4 is 161 Å². The zero-order valence-corrected chi connectivity index (χ0v) is 65.0. The molecule has 2 aliphatic carbocycles. The van der Waals surface area contributed by atoms with E-state index < -0.39 is 0 Å². The molecule has 0 radical (unpaired) electrons. The summed E-state index contributed by atoms with van der Waals surface area (Å²) in [5.41, 5.74) is 20.9. The van der Waals surface area contributed by atoms with E-state index in [4.69, 9.17) is 24.4 Å². The van der Waals surface area contributed by atoms with Crippen LogP contribution in [0.25, 0.3) is 44.2 Å². The maximum Gasteiger partial charge on any atom is 0.266 e. The van der Waals surface area contributed by atoms with Crippen LogP contribution in [0.4, 0.5) is 0 Å². The van der Waals surface area contributed by atoms with Gasteiger partial charge in [0, 0.05) is 97.5 Å². The summed E-state index contributed by atoms with van der Waals surface area (Å²) in [7, 11) is 0. The number of hydrogen-bond donors (Lipinski definition) is 0. The van der Waals surface area contributed by atoms with Gasteiger partial charge in [0.1, 0.15) is 8.64 Å². The standard InChI is InChI=1S/C82H92N2O2S10/c1-7-13-17-21-25-55-29-37-59(38-30-55)51-89-79(90-52-60-39-31-56(32-40-60)26-22-18-14-8-2)73-65-49-68-66(50-67(65)75-69(73)45-63(93-75)47-71-77(85)83(11-5)81(87)95-71)74(70-46-64(94-76(68)70)48-72-78(86)84(12-6)82(88)96-72)80(91-53-61-41-33-57(34-42-61)27-23-19-15-9-3)92-54-62-43-35-58(36-44-62)28-24-20-16-10-4/h29-50H,7-28,51-54H2,1-6H3/b71-47-,72-48-. The Labute approximate surface area is 618 Å². The topological polar surface area (TPSA) is 40.6 Å². The number of hydrogen-bond acceptors (Lipinski definition) is 12. The van der Waals surface area contributed by atoms with Gasteiger partial charge in [-0.1, -0.05) is 250 Å². The molecule has 4 heterocycles. The lowest BCUT2D eigenvalue weighted by molar-refractivity contribution is -0.122. The number of aryl methyl sites for hydroxylation is 4. The lowest BCUT2D eigenvalue weighted by Crippen LogP contribution is -2.27. The predicted octanol–water partition coefficient (Wildman–Crippen LogP) is 25.9. The third kappa shape index (κ3) is 18.4. The first kappa shape index (κ1) is 72.9. The van der Waals surface area contributed by atoms with Crippen LogP contribution >= 0.6 is 118 Å². The Morgan fingerprint density at radius 1 is 0.365 bits per heavy atom. The molecule has 0 atom stereocenters. The molecule has 7 aromatic rings. The summed E-state index contributed by atoms with van der Waals surface area (Å²) in [6.07, 6.45) is 28.8. The summed E-state index contributed by atoms with van der Waals surface area (Å²) in [6.45, 7) is 14.2. The smallest absolute Gasteiger partial charge is 0.266 e. The second-order valence-corrected chi connectivity index (χ2v) is 35.5. The second-order valence-electron chi connectivity index (χ2n) is 25.6. The van der Waals surface area contributed by atoms with Crippen molar-refractivity contribution in [3.05, 3.63) is 216 Å². The van der Waals surface area contributed by atoms with E-state index in [0.717, 1.165) is 58.4 Å². The maximum atomic E-state index is 14.0. The molecule has 0 spiro atoms. The number of thiophene rings is 2.